The maximum atomic E-state index is 13.0. The Bertz CT molecular complexity index is 813. The van der Waals surface area contributed by atoms with Gasteiger partial charge in [-0.15, -0.1) is 0 Å². The quantitative estimate of drug-likeness (QED) is 0.734. The largest absolute Gasteiger partial charge is 0.340 e. The van der Waals surface area contributed by atoms with Gasteiger partial charge in [-0.1, -0.05) is 38.3 Å². The van der Waals surface area contributed by atoms with Crippen molar-refractivity contribution in [2.75, 3.05) is 26.2 Å². The van der Waals surface area contributed by atoms with Gasteiger partial charge in [-0.3, -0.25) is 9.69 Å². The fourth-order valence-electron chi connectivity index (χ4n) is 5.11. The van der Waals surface area contributed by atoms with E-state index in [1.54, 1.807) is 0 Å². The molecule has 2 aromatic rings. The Morgan fingerprint density at radius 2 is 1.79 bits per heavy atom. The number of benzene rings is 1. The minimum absolute atomic E-state index is 0.277. The van der Waals surface area contributed by atoms with Crippen LogP contribution in [0.25, 0.3) is 11.0 Å². The van der Waals surface area contributed by atoms with Crippen LogP contribution in [0.4, 0.5) is 0 Å². The van der Waals surface area contributed by atoms with Gasteiger partial charge in [0.25, 0.3) is 0 Å². The smallest absolute Gasteiger partial charge is 0.225 e. The number of carbonyl (C=O) groups excluding carboxylic acids is 1. The molecule has 1 amide bonds. The summed E-state index contributed by atoms with van der Waals surface area (Å²) >= 11 is 0. The molecule has 4 rings (SSSR count). The van der Waals surface area contributed by atoms with E-state index in [4.69, 9.17) is 4.98 Å². The van der Waals surface area contributed by atoms with Gasteiger partial charge in [0, 0.05) is 39.1 Å². The van der Waals surface area contributed by atoms with Crippen molar-refractivity contribution in [2.24, 2.45) is 18.9 Å². The number of amides is 1. The third kappa shape index (κ3) is 4.66. The van der Waals surface area contributed by atoms with Crippen molar-refractivity contribution in [3.63, 3.8) is 0 Å². The van der Waals surface area contributed by atoms with Crippen molar-refractivity contribution in [3.8, 4) is 0 Å². The third-order valence-corrected chi connectivity index (χ3v) is 7.09. The second-order valence-electron chi connectivity index (χ2n) is 9.04. The van der Waals surface area contributed by atoms with Crippen molar-refractivity contribution in [3.05, 3.63) is 30.1 Å². The summed E-state index contributed by atoms with van der Waals surface area (Å²) in [6.45, 7) is 6.74. The van der Waals surface area contributed by atoms with Gasteiger partial charge in [-0.25, -0.2) is 4.98 Å². The molecule has 2 heterocycles. The average molecular weight is 397 g/mol. The first-order valence-corrected chi connectivity index (χ1v) is 11.6. The molecule has 1 aliphatic heterocycles. The van der Waals surface area contributed by atoms with Gasteiger partial charge in [-0.05, 0) is 43.7 Å². The van der Waals surface area contributed by atoms with Gasteiger partial charge in [0.05, 0.1) is 17.6 Å². The zero-order valence-electron chi connectivity index (χ0n) is 18.1. The zero-order chi connectivity index (χ0) is 20.2. The van der Waals surface area contributed by atoms with E-state index in [2.05, 4.69) is 46.5 Å². The van der Waals surface area contributed by atoms with Crippen LogP contribution in [-0.4, -0.2) is 51.4 Å². The summed E-state index contributed by atoms with van der Waals surface area (Å²) in [5, 5.41) is 0. The van der Waals surface area contributed by atoms with E-state index in [-0.39, 0.29) is 5.92 Å². The Morgan fingerprint density at radius 3 is 2.48 bits per heavy atom. The molecule has 1 aromatic carbocycles. The lowest BCUT2D eigenvalue weighted by Gasteiger charge is -2.37. The van der Waals surface area contributed by atoms with E-state index < -0.39 is 0 Å². The summed E-state index contributed by atoms with van der Waals surface area (Å²) in [6, 6.07) is 8.31. The van der Waals surface area contributed by atoms with Crippen LogP contribution in [0.15, 0.2) is 24.3 Å². The predicted octanol–water partition coefficient (Wildman–Crippen LogP) is 4.21. The Balaban J connectivity index is 1.26. The number of unbranched alkanes of at least 4 members (excludes halogenated alkanes) is 1. The fourth-order valence-corrected chi connectivity index (χ4v) is 5.11. The van der Waals surface area contributed by atoms with Crippen molar-refractivity contribution in [2.45, 2.75) is 58.4 Å². The number of hydrogen-bond acceptors (Lipinski definition) is 3. The Hall–Kier alpha value is -1.88. The third-order valence-electron chi connectivity index (χ3n) is 7.09. The molecule has 5 nitrogen and oxygen atoms in total. The van der Waals surface area contributed by atoms with E-state index in [1.165, 1.54) is 37.6 Å². The fraction of sp³-hybridized carbons (Fsp3) is 0.667. The minimum atomic E-state index is 0.277. The molecule has 1 aliphatic carbocycles. The SMILES string of the molecule is CCCCC1CCC(C(=O)N2CCN(Cc3nc4ccccc4n3C)CC2)CC1. The number of rotatable bonds is 6. The molecule has 1 saturated heterocycles. The van der Waals surface area contributed by atoms with Crippen LogP contribution in [0.3, 0.4) is 0 Å². The maximum absolute atomic E-state index is 13.0. The molecule has 1 saturated carbocycles. The first kappa shape index (κ1) is 20.4. The Morgan fingerprint density at radius 1 is 1.07 bits per heavy atom. The van der Waals surface area contributed by atoms with E-state index >= 15 is 0 Å². The molecule has 2 fully saturated rings. The maximum Gasteiger partial charge on any atom is 0.225 e. The molecule has 0 radical (unpaired) electrons. The molecule has 5 heteroatoms. The minimum Gasteiger partial charge on any atom is -0.340 e. The lowest BCUT2D eigenvalue weighted by atomic mass is 9.79. The Kier molecular flexibility index (Phi) is 6.53. The normalized spacial score (nSPS) is 23.6. The summed E-state index contributed by atoms with van der Waals surface area (Å²) in [5.74, 6) is 2.67. The van der Waals surface area contributed by atoms with Gasteiger partial charge >= 0.3 is 0 Å². The molecule has 158 valence electrons. The van der Waals surface area contributed by atoms with Crippen LogP contribution < -0.4 is 0 Å². The number of nitrogens with zero attached hydrogens (tertiary/aromatic N) is 4. The van der Waals surface area contributed by atoms with Crippen LogP contribution in [0, 0.1) is 11.8 Å². The highest BCUT2D eigenvalue weighted by atomic mass is 16.2. The molecule has 0 spiro atoms. The number of piperazine rings is 1. The molecule has 0 unspecified atom stereocenters. The second-order valence-corrected chi connectivity index (χ2v) is 9.04. The second kappa shape index (κ2) is 9.29. The Labute approximate surface area is 175 Å². The number of fused-ring (bicyclic) bond motifs is 1. The summed E-state index contributed by atoms with van der Waals surface area (Å²) in [5.41, 5.74) is 2.25. The van der Waals surface area contributed by atoms with Crippen molar-refractivity contribution in [1.29, 1.82) is 0 Å². The molecule has 0 N–H and O–H groups in total. The lowest BCUT2D eigenvalue weighted by Crippen LogP contribution is -2.50. The first-order chi connectivity index (χ1) is 14.2. The number of hydrogen-bond donors (Lipinski definition) is 0. The number of carbonyl (C=O) groups is 1. The van der Waals surface area contributed by atoms with Gasteiger partial charge in [0.1, 0.15) is 5.82 Å². The summed E-state index contributed by atoms with van der Waals surface area (Å²) in [4.78, 5) is 22.4. The lowest BCUT2D eigenvalue weighted by molar-refractivity contribution is -0.138. The first-order valence-electron chi connectivity index (χ1n) is 11.6. The van der Waals surface area contributed by atoms with E-state index in [0.29, 0.717) is 5.91 Å². The van der Waals surface area contributed by atoms with Gasteiger partial charge in [0.2, 0.25) is 5.91 Å². The molecule has 2 aliphatic rings. The number of aromatic nitrogens is 2. The highest BCUT2D eigenvalue weighted by Gasteiger charge is 2.31. The molecular formula is C24H36N4O. The highest BCUT2D eigenvalue weighted by Crippen LogP contribution is 2.33. The molecule has 0 atom stereocenters. The van der Waals surface area contributed by atoms with Crippen molar-refractivity contribution >= 4 is 16.9 Å². The van der Waals surface area contributed by atoms with Crippen LogP contribution >= 0.6 is 0 Å². The van der Waals surface area contributed by atoms with E-state index in [9.17, 15) is 4.79 Å². The van der Waals surface area contributed by atoms with Crippen LogP contribution in [-0.2, 0) is 18.4 Å². The van der Waals surface area contributed by atoms with Crippen LogP contribution in [0.1, 0.15) is 57.7 Å². The summed E-state index contributed by atoms with van der Waals surface area (Å²) < 4.78 is 2.20. The standard InChI is InChI=1S/C24H36N4O/c1-3-4-7-19-10-12-20(13-11-19)24(29)28-16-14-27(15-17-28)18-23-25-21-8-5-6-9-22(21)26(23)2/h5-6,8-9,19-20H,3-4,7,10-18H2,1-2H3. The number of aryl methyl sites for hydroxylation is 1. The van der Waals surface area contributed by atoms with Crippen molar-refractivity contribution < 1.29 is 4.79 Å². The van der Waals surface area contributed by atoms with Gasteiger partial charge < -0.3 is 9.47 Å². The predicted molar refractivity (Wildman–Crippen MR) is 118 cm³/mol. The average Bonchev–Trinajstić information content (AvgIpc) is 3.08. The van der Waals surface area contributed by atoms with Gasteiger partial charge in [-0.2, -0.15) is 0 Å². The molecular weight excluding hydrogens is 360 g/mol. The number of para-hydroxylation sites is 2. The molecule has 1 aromatic heterocycles. The molecule has 29 heavy (non-hydrogen) atoms. The topological polar surface area (TPSA) is 41.4 Å². The van der Waals surface area contributed by atoms with Crippen LogP contribution in [0.2, 0.25) is 0 Å². The van der Waals surface area contributed by atoms with E-state index in [0.717, 1.165) is 62.8 Å². The van der Waals surface area contributed by atoms with Gasteiger partial charge in [0.15, 0.2) is 0 Å². The summed E-state index contributed by atoms with van der Waals surface area (Å²) in [6.07, 6.45) is 8.71. The van der Waals surface area contributed by atoms with Crippen molar-refractivity contribution in [1.82, 2.24) is 19.4 Å². The van der Waals surface area contributed by atoms with Crippen LogP contribution in [0.5, 0.6) is 0 Å². The zero-order valence-corrected chi connectivity index (χ0v) is 18.1. The van der Waals surface area contributed by atoms with E-state index in [1.807, 2.05) is 6.07 Å². The number of imidazole rings is 1. The highest BCUT2D eigenvalue weighted by molar-refractivity contribution is 5.79. The monoisotopic (exact) mass is 396 g/mol. The molecule has 0 bridgehead atoms. The summed E-state index contributed by atoms with van der Waals surface area (Å²) in [7, 11) is 2.10.